The molecule has 7 atom stereocenters. The molecule has 1 aliphatic heterocycles. The van der Waals surface area contributed by atoms with Crippen molar-refractivity contribution in [2.45, 2.75) is 72.0 Å². The highest BCUT2D eigenvalue weighted by Crippen LogP contribution is 2.45. The van der Waals surface area contributed by atoms with Crippen LogP contribution in [0.2, 0.25) is 0 Å². The Hall–Kier alpha value is -1.89. The molecule has 2 aliphatic rings. The molecule has 0 spiro atoms. The fourth-order valence-corrected chi connectivity index (χ4v) is 5.15. The smallest absolute Gasteiger partial charge is 0.243 e. The van der Waals surface area contributed by atoms with E-state index in [4.69, 9.17) is 0 Å². The minimum Gasteiger partial charge on any atom is -0.394 e. The van der Waals surface area contributed by atoms with Gasteiger partial charge in [0.15, 0.2) is 0 Å². The van der Waals surface area contributed by atoms with Gasteiger partial charge in [-0.05, 0) is 31.6 Å². The van der Waals surface area contributed by atoms with Gasteiger partial charge in [-0.15, -0.1) is 0 Å². The summed E-state index contributed by atoms with van der Waals surface area (Å²) in [6.45, 7) is 9.81. The predicted molar refractivity (Wildman–Crippen MR) is 116 cm³/mol. The summed E-state index contributed by atoms with van der Waals surface area (Å²) in [5.74, 6) is -1.93. The first kappa shape index (κ1) is 24.4. The van der Waals surface area contributed by atoms with Gasteiger partial charge in [0.25, 0.3) is 0 Å². The number of nitrogens with zero attached hydrogens (tertiary/aromatic N) is 1. The van der Waals surface area contributed by atoms with Crippen molar-refractivity contribution in [2.24, 2.45) is 29.6 Å². The molecule has 7 nitrogen and oxygen atoms in total. The fraction of sp³-hybridized carbons (Fsp3) is 0.783. The summed E-state index contributed by atoms with van der Waals surface area (Å²) in [6, 6.07) is -1.17. The number of nitrogens with one attached hydrogen (secondary N) is 2. The lowest BCUT2D eigenvalue weighted by Crippen LogP contribution is -2.54. The third kappa shape index (κ3) is 4.88. The molecule has 0 bridgehead atoms. The second-order valence-corrected chi connectivity index (χ2v) is 9.34. The van der Waals surface area contributed by atoms with E-state index in [-0.39, 0.29) is 48.1 Å². The van der Waals surface area contributed by atoms with Gasteiger partial charge in [-0.25, -0.2) is 0 Å². The number of aliphatic hydroxyl groups excluding tert-OH is 1. The van der Waals surface area contributed by atoms with Gasteiger partial charge in [0.05, 0.1) is 24.5 Å². The van der Waals surface area contributed by atoms with Gasteiger partial charge in [-0.3, -0.25) is 14.4 Å². The predicted octanol–water partition coefficient (Wildman–Crippen LogP) is 1.71. The molecule has 3 N–H and O–H groups in total. The van der Waals surface area contributed by atoms with E-state index in [1.807, 2.05) is 39.8 Å². The average Bonchev–Trinajstić information content (AvgIpc) is 2.98. The maximum Gasteiger partial charge on any atom is 0.243 e. The van der Waals surface area contributed by atoms with Crippen molar-refractivity contribution in [1.29, 1.82) is 0 Å². The van der Waals surface area contributed by atoms with Crippen molar-refractivity contribution >= 4 is 17.7 Å². The van der Waals surface area contributed by atoms with E-state index in [9.17, 15) is 19.5 Å². The molecule has 1 unspecified atom stereocenters. The Morgan fingerprint density at radius 1 is 1.20 bits per heavy atom. The van der Waals surface area contributed by atoms with Crippen LogP contribution < -0.4 is 10.6 Å². The zero-order valence-corrected chi connectivity index (χ0v) is 19.2. The number of carbonyl (C=O) groups is 3. The Labute approximate surface area is 180 Å². The second kappa shape index (κ2) is 10.4. The van der Waals surface area contributed by atoms with Crippen molar-refractivity contribution in [3.05, 3.63) is 12.2 Å². The molecular formula is C23H39N3O4. The number of rotatable bonds is 9. The van der Waals surface area contributed by atoms with Gasteiger partial charge < -0.3 is 20.6 Å². The van der Waals surface area contributed by atoms with E-state index >= 15 is 0 Å². The number of hydrogen-bond donors (Lipinski definition) is 3. The van der Waals surface area contributed by atoms with Crippen LogP contribution in [0, 0.1) is 29.6 Å². The van der Waals surface area contributed by atoms with Crippen LogP contribution in [0.4, 0.5) is 0 Å². The summed E-state index contributed by atoms with van der Waals surface area (Å²) in [4.78, 5) is 41.2. The average molecular weight is 422 g/mol. The monoisotopic (exact) mass is 421 g/mol. The summed E-state index contributed by atoms with van der Waals surface area (Å²) in [7, 11) is 1.57. The van der Waals surface area contributed by atoms with Crippen molar-refractivity contribution in [1.82, 2.24) is 15.5 Å². The maximum absolute atomic E-state index is 13.6. The molecule has 2 rings (SSSR count). The van der Waals surface area contributed by atoms with E-state index in [2.05, 4.69) is 17.6 Å². The van der Waals surface area contributed by atoms with Crippen LogP contribution in [0.3, 0.4) is 0 Å². The summed E-state index contributed by atoms with van der Waals surface area (Å²) in [6.07, 6.45) is 6.28. The normalized spacial score (nSPS) is 30.2. The van der Waals surface area contributed by atoms with Crippen LogP contribution in [0.15, 0.2) is 12.2 Å². The Kier molecular flexibility index (Phi) is 8.47. The number of amides is 3. The quantitative estimate of drug-likeness (QED) is 0.494. The molecule has 0 aromatic rings. The molecule has 7 heteroatoms. The molecule has 3 amide bonds. The summed E-state index contributed by atoms with van der Waals surface area (Å²) in [5, 5.41) is 15.8. The van der Waals surface area contributed by atoms with E-state index in [0.717, 1.165) is 12.8 Å². The molecule has 1 aliphatic carbocycles. The van der Waals surface area contributed by atoms with E-state index in [1.165, 1.54) is 0 Å². The molecule has 1 fully saturated rings. The third-order valence-corrected chi connectivity index (χ3v) is 6.48. The van der Waals surface area contributed by atoms with Gasteiger partial charge in [0, 0.05) is 19.0 Å². The molecule has 0 radical (unpaired) electrons. The Morgan fingerprint density at radius 3 is 2.40 bits per heavy atom. The van der Waals surface area contributed by atoms with Crippen LogP contribution in [0.1, 0.15) is 53.9 Å². The van der Waals surface area contributed by atoms with Crippen LogP contribution in [-0.4, -0.2) is 59.5 Å². The van der Waals surface area contributed by atoms with Gasteiger partial charge in [-0.1, -0.05) is 46.3 Å². The van der Waals surface area contributed by atoms with E-state index < -0.39 is 23.9 Å². The minimum atomic E-state index is -0.714. The Bertz CT molecular complexity index is 663. The summed E-state index contributed by atoms with van der Waals surface area (Å²) >= 11 is 0. The van der Waals surface area contributed by atoms with Crippen molar-refractivity contribution in [3.63, 3.8) is 0 Å². The Morgan fingerprint density at radius 2 is 1.87 bits per heavy atom. The van der Waals surface area contributed by atoms with Crippen LogP contribution in [-0.2, 0) is 14.4 Å². The number of fused-ring (bicyclic) bond motifs is 1. The first-order valence-electron chi connectivity index (χ1n) is 11.3. The zero-order valence-electron chi connectivity index (χ0n) is 19.2. The number of carbonyl (C=O) groups excluding carboxylic acids is 3. The number of likely N-dealkylation sites (tertiary alicyclic amines) is 1. The lowest BCUT2D eigenvalue weighted by molar-refractivity contribution is -0.143. The zero-order chi connectivity index (χ0) is 22.6. The van der Waals surface area contributed by atoms with Crippen molar-refractivity contribution in [2.75, 3.05) is 13.7 Å². The maximum atomic E-state index is 13.6. The molecular weight excluding hydrogens is 382 g/mol. The molecule has 1 saturated heterocycles. The highest BCUT2D eigenvalue weighted by molar-refractivity contribution is 5.97. The lowest BCUT2D eigenvalue weighted by atomic mass is 9.70. The molecule has 0 aromatic heterocycles. The largest absolute Gasteiger partial charge is 0.394 e. The van der Waals surface area contributed by atoms with E-state index in [0.29, 0.717) is 6.42 Å². The van der Waals surface area contributed by atoms with Gasteiger partial charge in [0.2, 0.25) is 17.7 Å². The second-order valence-electron chi connectivity index (χ2n) is 9.34. The molecule has 0 aromatic carbocycles. The van der Waals surface area contributed by atoms with Gasteiger partial charge >= 0.3 is 0 Å². The topological polar surface area (TPSA) is 98.7 Å². The van der Waals surface area contributed by atoms with Gasteiger partial charge in [0.1, 0.15) is 6.04 Å². The highest BCUT2D eigenvalue weighted by atomic mass is 16.3. The molecule has 30 heavy (non-hydrogen) atoms. The van der Waals surface area contributed by atoms with Crippen molar-refractivity contribution in [3.8, 4) is 0 Å². The summed E-state index contributed by atoms with van der Waals surface area (Å²) < 4.78 is 0. The van der Waals surface area contributed by atoms with Crippen LogP contribution in [0.5, 0.6) is 0 Å². The van der Waals surface area contributed by atoms with E-state index in [1.54, 1.807) is 11.9 Å². The first-order valence-corrected chi connectivity index (χ1v) is 11.3. The highest BCUT2D eigenvalue weighted by Gasteiger charge is 2.58. The molecule has 170 valence electrons. The van der Waals surface area contributed by atoms with Crippen LogP contribution in [0.25, 0.3) is 0 Å². The lowest BCUT2D eigenvalue weighted by Gasteiger charge is -2.34. The van der Waals surface area contributed by atoms with Crippen molar-refractivity contribution < 1.29 is 19.5 Å². The summed E-state index contributed by atoms with van der Waals surface area (Å²) in [5.41, 5.74) is 0. The minimum absolute atomic E-state index is 0.00240. The SMILES string of the molecule is CCCC(C)NC(=O)[C@@H]1[C@H]2C=C[C@@H](C)[C@@H](C(=O)NC)[C@H]2C(=O)N1[C@@H](CO)CC(C)C. The first-order chi connectivity index (χ1) is 14.2. The standard InChI is InChI=1S/C23H39N3O4/c1-7-8-15(5)25-22(29)20-17-10-9-14(4)18(21(28)24-6)19(17)23(30)26(20)16(12-27)11-13(2)3/h9-10,13-20,27H,7-8,11-12H2,1-6H3,(H,24,28)(H,25,29)/t14-,15?,16-,17+,18-,19+,20+/m1/s1. The van der Waals surface area contributed by atoms with Crippen LogP contribution >= 0.6 is 0 Å². The number of aliphatic hydroxyl groups is 1. The third-order valence-electron chi connectivity index (χ3n) is 6.48. The number of hydrogen-bond acceptors (Lipinski definition) is 4. The molecule has 1 heterocycles. The number of allylic oxidation sites excluding steroid dienone is 1. The Balaban J connectivity index is 2.47. The fourth-order valence-electron chi connectivity index (χ4n) is 5.15. The molecule has 0 saturated carbocycles. The van der Waals surface area contributed by atoms with Gasteiger partial charge in [-0.2, -0.15) is 0 Å².